The molecular weight excluding hydrogens is 540 g/mol. The van der Waals surface area contributed by atoms with Gasteiger partial charge in [-0.05, 0) is 40.9 Å². The summed E-state index contributed by atoms with van der Waals surface area (Å²) in [5.41, 5.74) is 4.62. The van der Waals surface area contributed by atoms with E-state index in [1.54, 1.807) is 16.7 Å². The number of nitrogens with zero attached hydrogens (tertiary/aromatic N) is 1. The van der Waals surface area contributed by atoms with Crippen molar-refractivity contribution >= 4 is 40.8 Å². The third-order valence-electron chi connectivity index (χ3n) is 7.57. The Labute approximate surface area is 243 Å². The van der Waals surface area contributed by atoms with Crippen molar-refractivity contribution in [3.63, 3.8) is 0 Å². The molecule has 3 atom stereocenters. The number of hydrogen-bond donors (Lipinski definition) is 1. The number of amides is 2. The van der Waals surface area contributed by atoms with Crippen LogP contribution in [0.1, 0.15) is 29.2 Å². The third kappa shape index (κ3) is 5.44. The highest BCUT2D eigenvalue weighted by atomic mass is 32.2. The Bertz CT molecular complexity index is 1370. The van der Waals surface area contributed by atoms with Crippen molar-refractivity contribution in [3.05, 3.63) is 119 Å². The van der Waals surface area contributed by atoms with Crippen LogP contribution in [-0.4, -0.2) is 52.1 Å². The highest BCUT2D eigenvalue weighted by molar-refractivity contribution is 8.00. The molecule has 0 radical (unpaired) electrons. The van der Waals surface area contributed by atoms with E-state index in [1.165, 1.54) is 0 Å². The van der Waals surface area contributed by atoms with E-state index in [9.17, 15) is 9.59 Å². The van der Waals surface area contributed by atoms with Crippen molar-refractivity contribution in [1.82, 2.24) is 10.2 Å². The molecule has 6 nitrogen and oxygen atoms in total. The maximum Gasteiger partial charge on any atom is 0.253 e. The van der Waals surface area contributed by atoms with Gasteiger partial charge in [0.1, 0.15) is 17.5 Å². The number of carbonyl (C=O) groups is 2. The fourth-order valence-electron chi connectivity index (χ4n) is 5.51. The molecule has 6 rings (SSSR count). The number of hydrogen-bond acceptors (Lipinski definition) is 6. The monoisotopic (exact) mass is 570 g/mol. The Morgan fingerprint density at radius 2 is 1.62 bits per heavy atom. The lowest BCUT2D eigenvalue weighted by molar-refractivity contribution is -0.145. The van der Waals surface area contributed by atoms with Gasteiger partial charge in [-0.2, -0.15) is 0 Å². The Morgan fingerprint density at radius 1 is 1.00 bits per heavy atom. The second-order valence-corrected chi connectivity index (χ2v) is 11.6. The topological polar surface area (TPSA) is 67.9 Å². The first-order valence-corrected chi connectivity index (χ1v) is 15.0. The first kappa shape index (κ1) is 26.7. The van der Waals surface area contributed by atoms with Gasteiger partial charge < -0.3 is 14.8 Å². The second-order valence-electron chi connectivity index (χ2n) is 10.2. The number of benzene rings is 3. The molecule has 2 amide bonds. The summed E-state index contributed by atoms with van der Waals surface area (Å²) >= 11 is 7.64. The van der Waals surface area contributed by atoms with Crippen LogP contribution < -0.4 is 5.32 Å². The van der Waals surface area contributed by atoms with E-state index in [-0.39, 0.29) is 29.5 Å². The molecule has 2 unspecified atom stereocenters. The number of rotatable bonds is 8. The van der Waals surface area contributed by atoms with E-state index in [1.807, 2.05) is 91.0 Å². The molecule has 2 fully saturated rings. The molecule has 40 heavy (non-hydrogen) atoms. The van der Waals surface area contributed by atoms with Crippen LogP contribution in [0.25, 0.3) is 0 Å². The summed E-state index contributed by atoms with van der Waals surface area (Å²) in [6, 6.07) is 28.9. The largest absolute Gasteiger partial charge is 0.469 e. The van der Waals surface area contributed by atoms with Gasteiger partial charge in [-0.1, -0.05) is 91.0 Å². The first-order valence-electron chi connectivity index (χ1n) is 13.5. The van der Waals surface area contributed by atoms with E-state index in [2.05, 4.69) is 5.32 Å². The zero-order chi connectivity index (χ0) is 27.5. The van der Waals surface area contributed by atoms with Gasteiger partial charge in [-0.25, -0.2) is 0 Å². The van der Waals surface area contributed by atoms with Crippen LogP contribution in [-0.2, 0) is 25.5 Å². The predicted octanol–water partition coefficient (Wildman–Crippen LogP) is 5.05. The van der Waals surface area contributed by atoms with Crippen LogP contribution in [0.3, 0.4) is 0 Å². The molecule has 0 spiro atoms. The van der Waals surface area contributed by atoms with Gasteiger partial charge >= 0.3 is 0 Å². The number of fused-ring (bicyclic) bond motifs is 1. The summed E-state index contributed by atoms with van der Waals surface area (Å²) in [5, 5.41) is 3.03. The highest BCUT2D eigenvalue weighted by Crippen LogP contribution is 2.45. The fraction of sp³-hybridized carbons (Fsp3) is 0.281. The minimum absolute atomic E-state index is 0.160. The minimum Gasteiger partial charge on any atom is -0.469 e. The first-order chi connectivity index (χ1) is 19.6. The number of thioether (sulfide) groups is 1. The highest BCUT2D eigenvalue weighted by Gasteiger charge is 2.54. The van der Waals surface area contributed by atoms with Gasteiger partial charge in [0.2, 0.25) is 11.0 Å². The summed E-state index contributed by atoms with van der Waals surface area (Å²) < 4.78 is 12.3. The van der Waals surface area contributed by atoms with Crippen molar-refractivity contribution in [2.45, 2.75) is 30.4 Å². The molecule has 0 saturated carbocycles. The zero-order valence-electron chi connectivity index (χ0n) is 21.9. The Balaban J connectivity index is 1.26. The van der Waals surface area contributed by atoms with E-state index in [0.29, 0.717) is 29.7 Å². The van der Waals surface area contributed by atoms with Gasteiger partial charge in [0.15, 0.2) is 0 Å². The lowest BCUT2D eigenvalue weighted by Gasteiger charge is -2.51. The lowest BCUT2D eigenvalue weighted by Crippen LogP contribution is -2.70. The molecule has 2 saturated heterocycles. The van der Waals surface area contributed by atoms with Crippen LogP contribution in [0.2, 0.25) is 0 Å². The molecule has 3 aliphatic heterocycles. The standard InChI is InChI=1S/C32H30N2O4S2/c35-26(18-21-10-4-1-5-11-21)33-27-30(36)34-28(25(20-40-31(27)34)24-16-17-37-19-24)32(39)38-29(22-12-6-2-7-13-22)23-14-8-3-9-15-23/h1-15,24,27,29,31H,16-20H2,(H,33,35)/t24?,27?,31-/m1/s1. The van der Waals surface area contributed by atoms with Gasteiger partial charge in [0, 0.05) is 18.3 Å². The molecular formula is C32H30N2O4S2. The fourth-order valence-corrected chi connectivity index (χ4v) is 7.29. The van der Waals surface area contributed by atoms with Crippen molar-refractivity contribution in [2.75, 3.05) is 19.0 Å². The molecule has 1 N–H and O–H groups in total. The Morgan fingerprint density at radius 3 is 2.23 bits per heavy atom. The lowest BCUT2D eigenvalue weighted by atomic mass is 9.94. The van der Waals surface area contributed by atoms with Crippen LogP contribution in [0.4, 0.5) is 0 Å². The third-order valence-corrected chi connectivity index (χ3v) is 9.16. The summed E-state index contributed by atoms with van der Waals surface area (Å²) in [7, 11) is 0. The quantitative estimate of drug-likeness (QED) is 0.302. The van der Waals surface area contributed by atoms with Gasteiger partial charge in [0.05, 0.1) is 18.7 Å². The molecule has 204 valence electrons. The van der Waals surface area contributed by atoms with E-state index < -0.39 is 12.1 Å². The molecule has 3 aromatic carbocycles. The smallest absolute Gasteiger partial charge is 0.253 e. The molecule has 0 aromatic heterocycles. The molecule has 0 aliphatic carbocycles. The predicted molar refractivity (Wildman–Crippen MR) is 160 cm³/mol. The van der Waals surface area contributed by atoms with Crippen molar-refractivity contribution < 1.29 is 19.1 Å². The number of β-lactam (4-membered cyclic amide) rings is 1. The van der Waals surface area contributed by atoms with E-state index in [0.717, 1.165) is 28.7 Å². The number of ether oxygens (including phenoxy) is 2. The summed E-state index contributed by atoms with van der Waals surface area (Å²) in [6.45, 7) is 1.29. The average molecular weight is 571 g/mol. The van der Waals surface area contributed by atoms with Crippen LogP contribution in [0.5, 0.6) is 0 Å². The van der Waals surface area contributed by atoms with Crippen molar-refractivity contribution in [3.8, 4) is 0 Å². The molecule has 0 bridgehead atoms. The van der Waals surface area contributed by atoms with Gasteiger partial charge in [0.25, 0.3) is 5.91 Å². The number of carbonyl (C=O) groups excluding carboxylic acids is 2. The maximum absolute atomic E-state index is 13.6. The van der Waals surface area contributed by atoms with Crippen LogP contribution >= 0.6 is 24.0 Å². The number of thiocarbonyl (C=S) groups is 1. The average Bonchev–Trinajstić information content (AvgIpc) is 3.54. The zero-order valence-corrected chi connectivity index (χ0v) is 23.5. The van der Waals surface area contributed by atoms with Gasteiger partial charge in [-0.15, -0.1) is 11.8 Å². The number of nitrogens with one attached hydrogen (secondary N) is 1. The SMILES string of the molecule is O=C(Cc1ccccc1)NC1C(=O)N2C(C(=S)OC(c3ccccc3)c3ccccc3)=C(C3CCOC3)CS[C@H]12. The van der Waals surface area contributed by atoms with Gasteiger partial charge in [-0.3, -0.25) is 14.5 Å². The van der Waals surface area contributed by atoms with Crippen molar-refractivity contribution in [1.29, 1.82) is 0 Å². The Hall–Kier alpha value is -3.46. The Kier molecular flexibility index (Phi) is 8.00. The van der Waals surface area contributed by atoms with Crippen LogP contribution in [0, 0.1) is 5.92 Å². The summed E-state index contributed by atoms with van der Waals surface area (Å²) in [4.78, 5) is 28.2. The van der Waals surface area contributed by atoms with Crippen LogP contribution in [0.15, 0.2) is 102 Å². The minimum atomic E-state index is -0.598. The second kappa shape index (κ2) is 12.0. The van der Waals surface area contributed by atoms with E-state index >= 15 is 0 Å². The molecule has 8 heteroatoms. The molecule has 3 aliphatic rings. The molecule has 3 aromatic rings. The van der Waals surface area contributed by atoms with Crippen molar-refractivity contribution in [2.24, 2.45) is 5.92 Å². The summed E-state index contributed by atoms with van der Waals surface area (Å²) in [6.07, 6.45) is 0.689. The normalized spacial score (nSPS) is 22.1. The molecule has 3 heterocycles. The maximum atomic E-state index is 13.6. The van der Waals surface area contributed by atoms with E-state index in [4.69, 9.17) is 21.7 Å². The summed E-state index contributed by atoms with van der Waals surface area (Å²) in [5.74, 6) is 0.550.